The van der Waals surface area contributed by atoms with Gasteiger partial charge in [0.25, 0.3) is 0 Å². The number of ketones is 1. The van der Waals surface area contributed by atoms with Crippen molar-refractivity contribution in [2.24, 2.45) is 0 Å². The monoisotopic (exact) mass is 312 g/mol. The number of methoxy groups -OCH3 is 1. The normalized spacial score (nSPS) is 10.9. The molecule has 2 rings (SSSR count). The highest BCUT2D eigenvalue weighted by Crippen LogP contribution is 2.26. The number of unbranched alkanes of at least 4 members (excludes halogenated alkanes) is 1. The van der Waals surface area contributed by atoms with Gasteiger partial charge < -0.3 is 9.84 Å². The Kier molecular flexibility index (Phi) is 5.86. The van der Waals surface area contributed by atoms with E-state index < -0.39 is 0 Å². The van der Waals surface area contributed by atoms with Crippen molar-refractivity contribution in [3.8, 4) is 11.5 Å². The second kappa shape index (κ2) is 8.08. The molecule has 0 saturated carbocycles. The number of rotatable bonds is 7. The van der Waals surface area contributed by atoms with Crippen molar-refractivity contribution in [1.82, 2.24) is 9.97 Å². The lowest BCUT2D eigenvalue weighted by Gasteiger charge is -2.03. The molecule has 23 heavy (non-hydrogen) atoms. The molecule has 0 saturated heterocycles. The van der Waals surface area contributed by atoms with Gasteiger partial charge in [-0.05, 0) is 36.6 Å². The molecule has 5 nitrogen and oxygen atoms in total. The highest BCUT2D eigenvalue weighted by molar-refractivity contribution is 6.05. The van der Waals surface area contributed by atoms with Gasteiger partial charge in [0.05, 0.1) is 19.0 Å². The molecule has 5 heteroatoms. The molecule has 120 valence electrons. The van der Waals surface area contributed by atoms with Gasteiger partial charge in [0.1, 0.15) is 5.69 Å². The molecule has 0 aliphatic carbocycles. The third kappa shape index (κ3) is 4.64. The molecule has 0 aliphatic rings. The first kappa shape index (κ1) is 16.7. The molecular weight excluding hydrogens is 292 g/mol. The quantitative estimate of drug-likeness (QED) is 0.626. The number of allylic oxidation sites excluding steroid dienone is 1. The molecule has 0 aliphatic heterocycles. The maximum Gasteiger partial charge on any atom is 0.205 e. The molecule has 0 amide bonds. The number of benzene rings is 1. The van der Waals surface area contributed by atoms with E-state index in [0.717, 1.165) is 30.5 Å². The number of hydrogen-bond donors (Lipinski definition) is 1. The zero-order valence-corrected chi connectivity index (χ0v) is 13.3. The van der Waals surface area contributed by atoms with E-state index in [9.17, 15) is 9.90 Å². The topological polar surface area (TPSA) is 72.3 Å². The highest BCUT2D eigenvalue weighted by atomic mass is 16.5. The Balaban J connectivity index is 2.06. The molecule has 0 fully saturated rings. The van der Waals surface area contributed by atoms with Crippen molar-refractivity contribution in [2.75, 3.05) is 7.11 Å². The maximum absolute atomic E-state index is 12.1. The Morgan fingerprint density at radius 2 is 2.13 bits per heavy atom. The Hall–Kier alpha value is -2.69. The number of phenolic OH excluding ortho intramolecular Hbond substituents is 1. The van der Waals surface area contributed by atoms with Crippen LogP contribution in [0.2, 0.25) is 0 Å². The van der Waals surface area contributed by atoms with Gasteiger partial charge in [0.2, 0.25) is 5.78 Å². The van der Waals surface area contributed by atoms with E-state index in [4.69, 9.17) is 4.74 Å². The third-order valence-electron chi connectivity index (χ3n) is 3.38. The molecule has 0 unspecified atom stereocenters. The first-order chi connectivity index (χ1) is 11.1. The van der Waals surface area contributed by atoms with E-state index in [0.29, 0.717) is 11.4 Å². The lowest BCUT2D eigenvalue weighted by molar-refractivity contribution is 0.104. The van der Waals surface area contributed by atoms with E-state index >= 15 is 0 Å². The zero-order chi connectivity index (χ0) is 16.7. The van der Waals surface area contributed by atoms with E-state index in [2.05, 4.69) is 16.9 Å². The van der Waals surface area contributed by atoms with E-state index in [1.807, 2.05) is 0 Å². The molecule has 2 aromatic rings. The number of nitrogens with zero attached hydrogens (tertiary/aromatic N) is 2. The van der Waals surface area contributed by atoms with Crippen LogP contribution in [-0.4, -0.2) is 28.0 Å². The van der Waals surface area contributed by atoms with Crippen LogP contribution in [0.4, 0.5) is 0 Å². The van der Waals surface area contributed by atoms with Crippen molar-refractivity contribution < 1.29 is 14.6 Å². The summed E-state index contributed by atoms with van der Waals surface area (Å²) < 4.78 is 5.03. The number of aromatic nitrogens is 2. The number of hydrogen-bond acceptors (Lipinski definition) is 5. The highest BCUT2D eigenvalue weighted by Gasteiger charge is 2.05. The zero-order valence-electron chi connectivity index (χ0n) is 13.3. The van der Waals surface area contributed by atoms with E-state index in [1.165, 1.54) is 25.4 Å². The Morgan fingerprint density at radius 1 is 1.30 bits per heavy atom. The van der Waals surface area contributed by atoms with Gasteiger partial charge in [-0.25, -0.2) is 4.98 Å². The average molecular weight is 312 g/mol. The summed E-state index contributed by atoms with van der Waals surface area (Å²) in [6.07, 6.45) is 9.28. The molecule has 1 heterocycles. The summed E-state index contributed by atoms with van der Waals surface area (Å²) in [7, 11) is 1.48. The Morgan fingerprint density at radius 3 is 2.78 bits per heavy atom. The summed E-state index contributed by atoms with van der Waals surface area (Å²) in [5, 5.41) is 9.54. The first-order valence-corrected chi connectivity index (χ1v) is 7.54. The second-order valence-electron chi connectivity index (χ2n) is 5.13. The number of ether oxygens (including phenoxy) is 1. The van der Waals surface area contributed by atoms with Gasteiger partial charge in [-0.15, -0.1) is 0 Å². The number of carbonyl (C=O) groups is 1. The van der Waals surface area contributed by atoms with Crippen LogP contribution in [0.25, 0.3) is 6.08 Å². The smallest absolute Gasteiger partial charge is 0.205 e. The van der Waals surface area contributed by atoms with Crippen LogP contribution in [0.15, 0.2) is 36.7 Å². The molecule has 1 aromatic carbocycles. The van der Waals surface area contributed by atoms with Crippen molar-refractivity contribution >= 4 is 11.9 Å². The number of phenols is 1. The first-order valence-electron chi connectivity index (χ1n) is 7.54. The summed E-state index contributed by atoms with van der Waals surface area (Å²) in [6.45, 7) is 2.12. The molecule has 0 atom stereocenters. The summed E-state index contributed by atoms with van der Waals surface area (Å²) in [4.78, 5) is 20.5. The van der Waals surface area contributed by atoms with Gasteiger partial charge in [-0.3, -0.25) is 9.78 Å². The van der Waals surface area contributed by atoms with Crippen LogP contribution in [0, 0.1) is 0 Å². The van der Waals surface area contributed by atoms with Crippen molar-refractivity contribution in [3.05, 3.63) is 53.6 Å². The maximum atomic E-state index is 12.1. The largest absolute Gasteiger partial charge is 0.504 e. The van der Waals surface area contributed by atoms with Crippen LogP contribution in [0.1, 0.15) is 41.5 Å². The van der Waals surface area contributed by atoms with Gasteiger partial charge >= 0.3 is 0 Å². The van der Waals surface area contributed by atoms with Crippen molar-refractivity contribution in [2.45, 2.75) is 26.2 Å². The Labute approximate surface area is 135 Å². The molecule has 0 radical (unpaired) electrons. The summed E-state index contributed by atoms with van der Waals surface area (Å²) in [5.74, 6) is 0.204. The minimum Gasteiger partial charge on any atom is -0.504 e. The second-order valence-corrected chi connectivity index (χ2v) is 5.13. The lowest BCUT2D eigenvalue weighted by Crippen LogP contribution is -2.01. The van der Waals surface area contributed by atoms with Gasteiger partial charge in [0.15, 0.2) is 11.5 Å². The predicted molar refractivity (Wildman–Crippen MR) is 88.7 cm³/mol. The molecular formula is C18H20N2O3. The fourth-order valence-corrected chi connectivity index (χ4v) is 2.02. The summed E-state index contributed by atoms with van der Waals surface area (Å²) in [5.41, 5.74) is 1.96. The number of aryl methyl sites for hydroxylation is 1. The van der Waals surface area contributed by atoms with Crippen LogP contribution in [0.5, 0.6) is 11.5 Å². The minimum absolute atomic E-state index is 0.0597. The third-order valence-corrected chi connectivity index (χ3v) is 3.38. The van der Waals surface area contributed by atoms with Gasteiger partial charge in [-0.2, -0.15) is 0 Å². The van der Waals surface area contributed by atoms with E-state index in [-0.39, 0.29) is 11.5 Å². The molecule has 0 bridgehead atoms. The summed E-state index contributed by atoms with van der Waals surface area (Å²) >= 11 is 0. The standard InChI is InChI=1S/C18H20N2O3/c1-3-4-5-14-11-20-15(12-19-14)16(21)8-6-13-7-9-17(22)18(10-13)23-2/h6-12,22H,3-5H2,1-2H3/b8-6+. The molecule has 1 N–H and O–H groups in total. The van der Waals surface area contributed by atoms with Crippen molar-refractivity contribution in [3.63, 3.8) is 0 Å². The van der Waals surface area contributed by atoms with Crippen LogP contribution in [-0.2, 0) is 6.42 Å². The minimum atomic E-state index is -0.216. The van der Waals surface area contributed by atoms with Gasteiger partial charge in [-0.1, -0.05) is 25.5 Å². The fourth-order valence-electron chi connectivity index (χ4n) is 2.02. The SMILES string of the molecule is CCCCc1cnc(C(=O)/C=C/c2ccc(O)c(OC)c2)cn1. The van der Waals surface area contributed by atoms with Gasteiger partial charge in [0, 0.05) is 6.20 Å². The molecule has 0 spiro atoms. The van der Waals surface area contributed by atoms with Crippen LogP contribution >= 0.6 is 0 Å². The fraction of sp³-hybridized carbons (Fsp3) is 0.278. The van der Waals surface area contributed by atoms with Crippen molar-refractivity contribution in [1.29, 1.82) is 0 Å². The Bertz CT molecular complexity index is 694. The predicted octanol–water partition coefficient (Wildman–Crippen LogP) is 3.43. The van der Waals surface area contributed by atoms with Crippen LogP contribution < -0.4 is 4.74 Å². The average Bonchev–Trinajstić information content (AvgIpc) is 2.59. The van der Waals surface area contributed by atoms with E-state index in [1.54, 1.807) is 24.4 Å². The molecule has 1 aromatic heterocycles. The number of carbonyl (C=O) groups excluding carboxylic acids is 1. The summed E-state index contributed by atoms with van der Waals surface area (Å²) in [6, 6.07) is 4.87. The number of aromatic hydroxyl groups is 1. The van der Waals surface area contributed by atoms with Crippen LogP contribution in [0.3, 0.4) is 0 Å². The lowest BCUT2D eigenvalue weighted by atomic mass is 10.1.